The zero-order valence-electron chi connectivity index (χ0n) is 10.5. The topological polar surface area (TPSA) is 71.4 Å². The van der Waals surface area contributed by atoms with Crippen LogP contribution >= 0.6 is 0 Å². The first kappa shape index (κ1) is 15.5. The van der Waals surface area contributed by atoms with Crippen LogP contribution in [0.4, 0.5) is 0 Å². The fourth-order valence-electron chi connectivity index (χ4n) is 1.98. The van der Waals surface area contributed by atoms with E-state index >= 15 is 0 Å². The number of nitriles is 3. The van der Waals surface area contributed by atoms with E-state index < -0.39 is 0 Å². The van der Waals surface area contributed by atoms with E-state index in [9.17, 15) is 0 Å². The second-order valence-electron chi connectivity index (χ2n) is 4.37. The van der Waals surface area contributed by atoms with E-state index in [-0.39, 0.29) is 0 Å². The van der Waals surface area contributed by atoms with Gasteiger partial charge in [-0.2, -0.15) is 15.8 Å². The normalized spacial score (nSPS) is 9.53. The molecular weight excluding hydrogens is 210 g/mol. The molecule has 0 aliphatic heterocycles. The molecule has 0 amide bonds. The standard InChI is InChI=1S/C14H21N3/c15-11-5-1-3-8-14(10-7-13-17)9-4-2-6-12-16/h14H,1-10H2. The van der Waals surface area contributed by atoms with Gasteiger partial charge in [-0.3, -0.25) is 0 Å². The van der Waals surface area contributed by atoms with Crippen LogP contribution in [-0.4, -0.2) is 0 Å². The fourth-order valence-corrected chi connectivity index (χ4v) is 1.98. The summed E-state index contributed by atoms with van der Waals surface area (Å²) >= 11 is 0. The average Bonchev–Trinajstić information content (AvgIpc) is 2.35. The van der Waals surface area contributed by atoms with Gasteiger partial charge in [0, 0.05) is 19.3 Å². The fraction of sp³-hybridized carbons (Fsp3) is 0.786. The van der Waals surface area contributed by atoms with Crippen LogP contribution in [0, 0.1) is 39.9 Å². The van der Waals surface area contributed by atoms with Crippen molar-refractivity contribution >= 4 is 0 Å². The van der Waals surface area contributed by atoms with Crippen LogP contribution in [-0.2, 0) is 0 Å². The van der Waals surface area contributed by atoms with Gasteiger partial charge in [-0.15, -0.1) is 0 Å². The van der Waals surface area contributed by atoms with Gasteiger partial charge in [0.25, 0.3) is 0 Å². The highest BCUT2D eigenvalue weighted by atomic mass is 14.2. The first-order valence-electron chi connectivity index (χ1n) is 6.46. The first-order chi connectivity index (χ1) is 8.35. The Morgan fingerprint density at radius 1 is 0.588 bits per heavy atom. The molecule has 0 saturated heterocycles. The van der Waals surface area contributed by atoms with Crippen LogP contribution in [0.2, 0.25) is 0 Å². The minimum Gasteiger partial charge on any atom is -0.198 e. The van der Waals surface area contributed by atoms with E-state index in [1.165, 1.54) is 0 Å². The SMILES string of the molecule is N#CCCCCC(CCC#N)CCCCC#N. The lowest BCUT2D eigenvalue weighted by molar-refractivity contribution is 0.393. The van der Waals surface area contributed by atoms with Crippen LogP contribution in [0.3, 0.4) is 0 Å². The van der Waals surface area contributed by atoms with Gasteiger partial charge >= 0.3 is 0 Å². The first-order valence-corrected chi connectivity index (χ1v) is 6.46. The molecule has 0 rings (SSSR count). The molecule has 0 bridgehead atoms. The Morgan fingerprint density at radius 3 is 1.47 bits per heavy atom. The lowest BCUT2D eigenvalue weighted by atomic mass is 9.91. The number of rotatable bonds is 10. The summed E-state index contributed by atoms with van der Waals surface area (Å²) in [5.41, 5.74) is 0. The predicted molar refractivity (Wildman–Crippen MR) is 66.5 cm³/mol. The zero-order valence-corrected chi connectivity index (χ0v) is 10.5. The summed E-state index contributed by atoms with van der Waals surface area (Å²) < 4.78 is 0. The van der Waals surface area contributed by atoms with Gasteiger partial charge in [0.05, 0.1) is 18.2 Å². The molecule has 0 aromatic heterocycles. The van der Waals surface area contributed by atoms with Gasteiger partial charge in [-0.1, -0.05) is 25.7 Å². The monoisotopic (exact) mass is 231 g/mol. The molecule has 0 saturated carbocycles. The Bertz CT molecular complexity index is 268. The van der Waals surface area contributed by atoms with Crippen molar-refractivity contribution in [2.24, 2.45) is 5.92 Å². The predicted octanol–water partition coefficient (Wildman–Crippen LogP) is 4.07. The lowest BCUT2D eigenvalue weighted by Gasteiger charge is -2.14. The summed E-state index contributed by atoms with van der Waals surface area (Å²) in [6, 6.07) is 6.51. The van der Waals surface area contributed by atoms with Gasteiger partial charge < -0.3 is 0 Å². The molecule has 0 fully saturated rings. The summed E-state index contributed by atoms with van der Waals surface area (Å²) in [7, 11) is 0. The lowest BCUT2D eigenvalue weighted by Crippen LogP contribution is -2.00. The van der Waals surface area contributed by atoms with Crippen molar-refractivity contribution in [1.82, 2.24) is 0 Å². The molecule has 0 aliphatic carbocycles. The van der Waals surface area contributed by atoms with Crippen LogP contribution in [0.25, 0.3) is 0 Å². The highest BCUT2D eigenvalue weighted by Crippen LogP contribution is 2.21. The molecule has 0 aromatic carbocycles. The number of unbranched alkanes of at least 4 members (excludes halogenated alkanes) is 4. The third-order valence-corrected chi connectivity index (χ3v) is 2.97. The Labute approximate surface area is 105 Å². The van der Waals surface area contributed by atoms with E-state index in [0.717, 1.165) is 44.9 Å². The van der Waals surface area contributed by atoms with Crippen molar-refractivity contribution < 1.29 is 0 Å². The summed E-state index contributed by atoms with van der Waals surface area (Å²) in [6.07, 6.45) is 9.22. The van der Waals surface area contributed by atoms with Crippen molar-refractivity contribution in [3.63, 3.8) is 0 Å². The second kappa shape index (κ2) is 12.5. The molecule has 0 N–H and O–H groups in total. The van der Waals surface area contributed by atoms with Gasteiger partial charge in [-0.05, 0) is 25.2 Å². The van der Waals surface area contributed by atoms with Crippen LogP contribution < -0.4 is 0 Å². The smallest absolute Gasteiger partial charge is 0.0621 e. The summed E-state index contributed by atoms with van der Waals surface area (Å²) in [5, 5.41) is 25.5. The Hall–Kier alpha value is -1.53. The third-order valence-electron chi connectivity index (χ3n) is 2.97. The Kier molecular flexibility index (Phi) is 11.4. The van der Waals surface area contributed by atoms with E-state index in [0.29, 0.717) is 25.2 Å². The Morgan fingerprint density at radius 2 is 1.06 bits per heavy atom. The minimum atomic E-state index is 0.604. The van der Waals surface area contributed by atoms with E-state index in [2.05, 4.69) is 18.2 Å². The van der Waals surface area contributed by atoms with Crippen molar-refractivity contribution in [2.75, 3.05) is 0 Å². The minimum absolute atomic E-state index is 0.604. The molecular formula is C14H21N3. The van der Waals surface area contributed by atoms with Crippen molar-refractivity contribution in [3.8, 4) is 18.2 Å². The van der Waals surface area contributed by atoms with Gasteiger partial charge in [-0.25, -0.2) is 0 Å². The van der Waals surface area contributed by atoms with E-state index in [4.69, 9.17) is 15.8 Å². The highest BCUT2D eigenvalue weighted by Gasteiger charge is 2.08. The summed E-state index contributed by atoms with van der Waals surface area (Å²) in [5.74, 6) is 0.604. The maximum absolute atomic E-state index is 8.60. The molecule has 0 spiro atoms. The van der Waals surface area contributed by atoms with Crippen molar-refractivity contribution in [3.05, 3.63) is 0 Å². The molecule has 0 radical (unpaired) electrons. The quantitative estimate of drug-likeness (QED) is 0.532. The molecule has 3 nitrogen and oxygen atoms in total. The van der Waals surface area contributed by atoms with E-state index in [1.54, 1.807) is 0 Å². The molecule has 3 heteroatoms. The average molecular weight is 231 g/mol. The molecule has 0 unspecified atom stereocenters. The Balaban J connectivity index is 3.69. The number of nitrogens with zero attached hydrogens (tertiary/aromatic N) is 3. The second-order valence-corrected chi connectivity index (χ2v) is 4.37. The molecule has 92 valence electrons. The van der Waals surface area contributed by atoms with Gasteiger partial charge in [0.15, 0.2) is 0 Å². The third kappa shape index (κ3) is 10.7. The number of hydrogen-bond acceptors (Lipinski definition) is 3. The largest absolute Gasteiger partial charge is 0.198 e. The van der Waals surface area contributed by atoms with Crippen molar-refractivity contribution in [2.45, 2.75) is 64.2 Å². The van der Waals surface area contributed by atoms with Crippen LogP contribution in [0.1, 0.15) is 64.2 Å². The molecule has 0 atom stereocenters. The summed E-state index contributed by atoms with van der Waals surface area (Å²) in [6.45, 7) is 0. The zero-order chi connectivity index (χ0) is 12.8. The summed E-state index contributed by atoms with van der Waals surface area (Å²) in [4.78, 5) is 0. The van der Waals surface area contributed by atoms with Crippen molar-refractivity contribution in [1.29, 1.82) is 15.8 Å². The maximum atomic E-state index is 8.60. The molecule has 0 aliphatic rings. The van der Waals surface area contributed by atoms with E-state index in [1.807, 2.05) is 0 Å². The maximum Gasteiger partial charge on any atom is 0.0621 e. The molecule has 17 heavy (non-hydrogen) atoms. The number of hydrogen-bond donors (Lipinski definition) is 0. The van der Waals surface area contributed by atoms with Gasteiger partial charge in [0.1, 0.15) is 0 Å². The van der Waals surface area contributed by atoms with Crippen LogP contribution in [0.5, 0.6) is 0 Å². The van der Waals surface area contributed by atoms with Crippen LogP contribution in [0.15, 0.2) is 0 Å². The highest BCUT2D eigenvalue weighted by molar-refractivity contribution is 4.74. The molecule has 0 heterocycles. The molecule has 0 aromatic rings. The van der Waals surface area contributed by atoms with Gasteiger partial charge in [0.2, 0.25) is 0 Å².